The highest BCUT2D eigenvalue weighted by Gasteiger charge is 2.34. The zero-order valence-electron chi connectivity index (χ0n) is 7.89. The number of nitrogens with one attached hydrogen (secondary N) is 1. The molecule has 0 radical (unpaired) electrons. The fourth-order valence-corrected chi connectivity index (χ4v) is 1.17. The number of alkyl halides is 3. The van der Waals surface area contributed by atoms with Crippen LogP contribution in [0.3, 0.4) is 0 Å². The van der Waals surface area contributed by atoms with Gasteiger partial charge in [-0.25, -0.2) is 0 Å². The highest BCUT2D eigenvalue weighted by atomic mass is 19.4. The van der Waals surface area contributed by atoms with E-state index in [1.807, 2.05) is 0 Å². The van der Waals surface area contributed by atoms with Crippen LogP contribution in [0.2, 0.25) is 0 Å². The maximum absolute atomic E-state index is 12.5. The lowest BCUT2D eigenvalue weighted by molar-refractivity contribution is -0.138. The normalized spacial score (nSPS) is 14.1. The Hall–Kier alpha value is -1.10. The van der Waals surface area contributed by atoms with Crippen molar-refractivity contribution in [3.8, 4) is 0 Å². The first kappa shape index (κ1) is 11.0. The molecule has 1 unspecified atom stereocenters. The second-order valence-electron chi connectivity index (χ2n) is 2.97. The van der Waals surface area contributed by atoms with Gasteiger partial charge in [-0.2, -0.15) is 13.2 Å². The van der Waals surface area contributed by atoms with Crippen LogP contribution < -0.4 is 5.32 Å². The summed E-state index contributed by atoms with van der Waals surface area (Å²) in [6.45, 7) is 1.66. The lowest BCUT2D eigenvalue weighted by Crippen LogP contribution is -2.18. The molecule has 2 nitrogen and oxygen atoms in total. The van der Waals surface area contributed by atoms with Crippen molar-refractivity contribution in [2.45, 2.75) is 19.1 Å². The monoisotopic (exact) mass is 204 g/mol. The van der Waals surface area contributed by atoms with Gasteiger partial charge in [0.1, 0.15) is 0 Å². The van der Waals surface area contributed by atoms with Gasteiger partial charge in [-0.05, 0) is 25.6 Å². The molecular weight excluding hydrogens is 193 g/mol. The fourth-order valence-electron chi connectivity index (χ4n) is 1.17. The molecular formula is C9H11F3N2. The van der Waals surface area contributed by atoms with E-state index in [9.17, 15) is 13.2 Å². The predicted molar refractivity (Wildman–Crippen MR) is 46.7 cm³/mol. The van der Waals surface area contributed by atoms with Crippen molar-refractivity contribution >= 4 is 0 Å². The highest BCUT2D eigenvalue weighted by molar-refractivity contribution is 5.28. The second-order valence-corrected chi connectivity index (χ2v) is 2.97. The Morgan fingerprint density at radius 3 is 2.57 bits per heavy atom. The van der Waals surface area contributed by atoms with Crippen LogP contribution >= 0.6 is 0 Å². The van der Waals surface area contributed by atoms with Crippen LogP contribution in [-0.2, 0) is 6.18 Å². The van der Waals surface area contributed by atoms with Gasteiger partial charge in [-0.3, -0.25) is 4.98 Å². The van der Waals surface area contributed by atoms with E-state index in [1.54, 1.807) is 14.0 Å². The quantitative estimate of drug-likeness (QED) is 0.800. The first-order valence-electron chi connectivity index (χ1n) is 4.15. The minimum Gasteiger partial charge on any atom is -0.313 e. The first-order chi connectivity index (χ1) is 6.46. The van der Waals surface area contributed by atoms with Crippen LogP contribution in [0, 0.1) is 0 Å². The molecule has 0 bridgehead atoms. The summed E-state index contributed by atoms with van der Waals surface area (Å²) >= 11 is 0. The number of aromatic nitrogens is 1. The van der Waals surface area contributed by atoms with Crippen LogP contribution in [0.5, 0.6) is 0 Å². The van der Waals surface area contributed by atoms with E-state index < -0.39 is 11.7 Å². The molecule has 1 rings (SSSR count). The standard InChI is InChI=1S/C9H11F3N2/c1-6(13-2)7-5-14-4-3-8(7)9(10,11)12/h3-6,13H,1-2H3. The van der Waals surface area contributed by atoms with Crippen molar-refractivity contribution in [3.05, 3.63) is 29.6 Å². The number of halogens is 3. The summed E-state index contributed by atoms with van der Waals surface area (Å²) in [5.41, 5.74) is -0.461. The maximum atomic E-state index is 12.5. The lowest BCUT2D eigenvalue weighted by Gasteiger charge is -2.16. The summed E-state index contributed by atoms with van der Waals surface area (Å²) < 4.78 is 37.5. The van der Waals surface area contributed by atoms with Crippen molar-refractivity contribution in [2.24, 2.45) is 0 Å². The van der Waals surface area contributed by atoms with Crippen LogP contribution in [0.15, 0.2) is 18.5 Å². The van der Waals surface area contributed by atoms with E-state index in [4.69, 9.17) is 0 Å². The van der Waals surface area contributed by atoms with E-state index in [-0.39, 0.29) is 11.6 Å². The molecule has 0 aromatic carbocycles. The molecule has 0 spiro atoms. The minimum atomic E-state index is -4.32. The average molecular weight is 204 g/mol. The second kappa shape index (κ2) is 3.96. The Bertz CT molecular complexity index is 309. The molecule has 0 aliphatic heterocycles. The van der Waals surface area contributed by atoms with Gasteiger partial charge < -0.3 is 5.32 Å². The Labute approximate surface area is 80.2 Å². The summed E-state index contributed by atoms with van der Waals surface area (Å²) in [6, 6.07) is 0.628. The molecule has 0 amide bonds. The molecule has 1 heterocycles. The number of rotatable bonds is 2. The first-order valence-corrected chi connectivity index (χ1v) is 4.15. The van der Waals surface area contributed by atoms with Crippen LogP contribution in [0.25, 0.3) is 0 Å². The summed E-state index contributed by atoms with van der Waals surface area (Å²) in [6.07, 6.45) is -1.93. The molecule has 0 fully saturated rings. The van der Waals surface area contributed by atoms with E-state index in [0.29, 0.717) is 0 Å². The zero-order valence-corrected chi connectivity index (χ0v) is 7.89. The summed E-state index contributed by atoms with van der Waals surface area (Å²) in [4.78, 5) is 3.69. The van der Waals surface area contributed by atoms with Gasteiger partial charge in [0.2, 0.25) is 0 Å². The fraction of sp³-hybridized carbons (Fsp3) is 0.444. The highest BCUT2D eigenvalue weighted by Crippen LogP contribution is 2.33. The van der Waals surface area contributed by atoms with Crippen LogP contribution in [0.1, 0.15) is 24.1 Å². The maximum Gasteiger partial charge on any atom is 0.416 e. The smallest absolute Gasteiger partial charge is 0.313 e. The Morgan fingerprint density at radius 2 is 2.07 bits per heavy atom. The molecule has 1 atom stereocenters. The van der Waals surface area contributed by atoms with E-state index in [1.165, 1.54) is 6.20 Å². The molecule has 0 saturated carbocycles. The Kier molecular flexibility index (Phi) is 3.10. The third kappa shape index (κ3) is 2.23. The van der Waals surface area contributed by atoms with Gasteiger partial charge in [0.05, 0.1) is 5.56 Å². The molecule has 5 heteroatoms. The molecule has 0 saturated heterocycles. The Morgan fingerprint density at radius 1 is 1.43 bits per heavy atom. The number of hydrogen-bond acceptors (Lipinski definition) is 2. The van der Waals surface area contributed by atoms with Crippen molar-refractivity contribution in [1.29, 1.82) is 0 Å². The van der Waals surface area contributed by atoms with Crippen LogP contribution in [0.4, 0.5) is 13.2 Å². The molecule has 1 aromatic heterocycles. The number of pyridine rings is 1. The van der Waals surface area contributed by atoms with Crippen molar-refractivity contribution < 1.29 is 13.2 Å². The van der Waals surface area contributed by atoms with Gasteiger partial charge in [0.25, 0.3) is 0 Å². The Balaban J connectivity index is 3.16. The zero-order chi connectivity index (χ0) is 10.8. The third-order valence-electron chi connectivity index (χ3n) is 2.06. The van der Waals surface area contributed by atoms with Gasteiger partial charge >= 0.3 is 6.18 Å². The third-order valence-corrected chi connectivity index (χ3v) is 2.06. The van der Waals surface area contributed by atoms with Gasteiger partial charge in [-0.15, -0.1) is 0 Å². The topological polar surface area (TPSA) is 24.9 Å². The largest absolute Gasteiger partial charge is 0.416 e. The predicted octanol–water partition coefficient (Wildman–Crippen LogP) is 2.38. The van der Waals surface area contributed by atoms with E-state index in [0.717, 1.165) is 12.3 Å². The molecule has 14 heavy (non-hydrogen) atoms. The molecule has 1 N–H and O–H groups in total. The van der Waals surface area contributed by atoms with Crippen molar-refractivity contribution in [3.63, 3.8) is 0 Å². The van der Waals surface area contributed by atoms with Gasteiger partial charge in [0.15, 0.2) is 0 Å². The molecule has 0 aliphatic rings. The average Bonchev–Trinajstić information content (AvgIpc) is 2.15. The summed E-state index contributed by atoms with van der Waals surface area (Å²) in [5, 5.41) is 2.75. The molecule has 78 valence electrons. The van der Waals surface area contributed by atoms with Gasteiger partial charge in [0, 0.05) is 18.4 Å². The number of nitrogens with zero attached hydrogens (tertiary/aromatic N) is 1. The molecule has 0 aliphatic carbocycles. The minimum absolute atomic E-state index is 0.169. The van der Waals surface area contributed by atoms with Crippen molar-refractivity contribution in [2.75, 3.05) is 7.05 Å². The lowest BCUT2D eigenvalue weighted by atomic mass is 10.0. The summed E-state index contributed by atoms with van der Waals surface area (Å²) in [7, 11) is 1.61. The number of hydrogen-bond donors (Lipinski definition) is 1. The van der Waals surface area contributed by atoms with E-state index >= 15 is 0 Å². The molecule has 1 aromatic rings. The summed E-state index contributed by atoms with van der Waals surface area (Å²) in [5.74, 6) is 0. The SMILES string of the molecule is CNC(C)c1cnccc1C(F)(F)F. The van der Waals surface area contributed by atoms with Gasteiger partial charge in [-0.1, -0.05) is 0 Å². The van der Waals surface area contributed by atoms with E-state index in [2.05, 4.69) is 10.3 Å². The van der Waals surface area contributed by atoms with Crippen LogP contribution in [-0.4, -0.2) is 12.0 Å². The van der Waals surface area contributed by atoms with Crippen molar-refractivity contribution in [1.82, 2.24) is 10.3 Å².